The number of amidine groups is 2. The quantitative estimate of drug-likeness (QED) is 0.238. The number of nitrogens with one attached hydrogen (secondary N) is 1. The highest BCUT2D eigenvalue weighted by atomic mass is 15.4. The first-order chi connectivity index (χ1) is 21.6. The van der Waals surface area contributed by atoms with Crippen LogP contribution in [0.25, 0.3) is 16.3 Å². The van der Waals surface area contributed by atoms with E-state index in [0.29, 0.717) is 0 Å². The smallest absolute Gasteiger partial charge is 0.221 e. The minimum absolute atomic E-state index is 0.0486. The van der Waals surface area contributed by atoms with Crippen molar-refractivity contribution in [1.29, 1.82) is 0 Å². The van der Waals surface area contributed by atoms with Gasteiger partial charge in [0.2, 0.25) is 6.29 Å². The number of hydrogen-bond acceptors (Lipinski definition) is 4. The molecule has 5 aromatic carbocycles. The summed E-state index contributed by atoms with van der Waals surface area (Å²) in [5, 5.41) is 6.12. The topological polar surface area (TPSA) is 40.0 Å². The molecule has 2 aliphatic carbocycles. The summed E-state index contributed by atoms with van der Waals surface area (Å²) in [4.78, 5) is 13.2. The molecule has 0 spiro atoms. The largest absolute Gasteiger partial charge is 0.324 e. The fourth-order valence-corrected chi connectivity index (χ4v) is 7.78. The van der Waals surface area contributed by atoms with Crippen molar-refractivity contribution in [1.82, 2.24) is 5.32 Å². The lowest BCUT2D eigenvalue weighted by molar-refractivity contribution is 0.528. The van der Waals surface area contributed by atoms with Crippen LogP contribution in [-0.2, 0) is 5.41 Å². The first-order valence-corrected chi connectivity index (χ1v) is 15.5. The van der Waals surface area contributed by atoms with E-state index in [-0.39, 0.29) is 17.4 Å². The van der Waals surface area contributed by atoms with Gasteiger partial charge in [-0.25, -0.2) is 9.98 Å². The normalized spacial score (nSPS) is 21.3. The van der Waals surface area contributed by atoms with Crippen LogP contribution in [0.4, 0.5) is 5.69 Å². The van der Waals surface area contributed by atoms with Crippen LogP contribution in [0.1, 0.15) is 47.6 Å². The van der Waals surface area contributed by atoms with Crippen LogP contribution in [0, 0.1) is 0 Å². The SMILES string of the molecule is CC1(C)C2=CC3C(C=C2c2ccccc21)c1cccc2cccc(c12)N3C1N=C(c2ccccc2)NC(c2ccccc2)=N1. The van der Waals surface area contributed by atoms with Crippen molar-refractivity contribution in [3.05, 3.63) is 167 Å². The monoisotopic (exact) mass is 568 g/mol. The Hall–Kier alpha value is -5.22. The minimum atomic E-state index is -0.452. The maximum absolute atomic E-state index is 5.36. The molecule has 0 saturated heterocycles. The third-order valence-corrected chi connectivity index (χ3v) is 9.85. The van der Waals surface area contributed by atoms with E-state index < -0.39 is 6.29 Å². The number of rotatable bonds is 3. The van der Waals surface area contributed by atoms with Gasteiger partial charge in [-0.2, -0.15) is 0 Å². The zero-order chi connectivity index (χ0) is 29.4. The summed E-state index contributed by atoms with van der Waals surface area (Å²) in [5.74, 6) is 1.83. The van der Waals surface area contributed by atoms with Gasteiger partial charge in [0.05, 0.1) is 6.04 Å². The Bertz CT molecular complexity index is 2020. The molecule has 0 bridgehead atoms. The summed E-state index contributed by atoms with van der Waals surface area (Å²) in [7, 11) is 0. The summed E-state index contributed by atoms with van der Waals surface area (Å²) >= 11 is 0. The van der Waals surface area contributed by atoms with E-state index in [9.17, 15) is 0 Å². The lowest BCUT2D eigenvalue weighted by Crippen LogP contribution is -2.51. The molecule has 2 aliphatic heterocycles. The number of aliphatic imine (C=N–C) groups is 2. The van der Waals surface area contributed by atoms with Gasteiger partial charge in [-0.05, 0) is 39.3 Å². The Morgan fingerprint density at radius 1 is 0.659 bits per heavy atom. The summed E-state index contributed by atoms with van der Waals surface area (Å²) in [6, 6.07) is 43.2. The zero-order valence-electron chi connectivity index (χ0n) is 24.8. The van der Waals surface area contributed by atoms with Crippen LogP contribution in [0.15, 0.2) is 149 Å². The summed E-state index contributed by atoms with van der Waals surface area (Å²) in [5.41, 5.74) is 10.1. The molecule has 4 nitrogen and oxygen atoms in total. The molecular formula is C40H32N4. The number of anilines is 1. The Kier molecular flexibility index (Phi) is 5.40. The van der Waals surface area contributed by atoms with Crippen LogP contribution >= 0.6 is 0 Å². The lowest BCUT2D eigenvalue weighted by atomic mass is 9.73. The number of hydrogen-bond donors (Lipinski definition) is 1. The van der Waals surface area contributed by atoms with Crippen molar-refractivity contribution >= 4 is 33.7 Å². The minimum Gasteiger partial charge on any atom is -0.324 e. The zero-order valence-corrected chi connectivity index (χ0v) is 24.8. The highest BCUT2D eigenvalue weighted by Gasteiger charge is 2.46. The van der Waals surface area contributed by atoms with E-state index in [1.165, 1.54) is 44.3 Å². The predicted molar refractivity (Wildman–Crippen MR) is 181 cm³/mol. The van der Waals surface area contributed by atoms with E-state index >= 15 is 0 Å². The van der Waals surface area contributed by atoms with Crippen molar-refractivity contribution in [2.24, 2.45) is 9.98 Å². The third kappa shape index (κ3) is 3.64. The molecule has 4 heteroatoms. The number of nitrogens with zero attached hydrogens (tertiary/aromatic N) is 3. The van der Waals surface area contributed by atoms with Crippen LogP contribution < -0.4 is 10.2 Å². The van der Waals surface area contributed by atoms with Gasteiger partial charge in [0.1, 0.15) is 11.7 Å². The van der Waals surface area contributed by atoms with Crippen molar-refractivity contribution in [3.63, 3.8) is 0 Å². The first kappa shape index (κ1) is 25.3. The van der Waals surface area contributed by atoms with Crippen molar-refractivity contribution < 1.29 is 0 Å². The van der Waals surface area contributed by atoms with Gasteiger partial charge in [-0.15, -0.1) is 0 Å². The highest BCUT2D eigenvalue weighted by molar-refractivity contribution is 6.16. The summed E-state index contributed by atoms with van der Waals surface area (Å²) in [6.07, 6.45) is 4.62. The second-order valence-corrected chi connectivity index (χ2v) is 12.6. The molecule has 0 fully saturated rings. The number of benzene rings is 5. The van der Waals surface area contributed by atoms with Gasteiger partial charge >= 0.3 is 0 Å². The van der Waals surface area contributed by atoms with Gasteiger partial charge in [-0.3, -0.25) is 0 Å². The standard InChI is InChI=1S/C40H32N4/c1-40(2)32-21-10-9-19-28(32)30-23-31-29-20-11-17-25-18-12-22-34(36(25)29)44(35(31)24-33(30)40)39-42-37(26-13-5-3-6-14-26)41-38(43-39)27-15-7-4-8-16-27/h3-24,31,35,39H,1-2H3,(H,41,42,43). The van der Waals surface area contributed by atoms with E-state index in [1.54, 1.807) is 0 Å². The summed E-state index contributed by atoms with van der Waals surface area (Å²) < 4.78 is 0. The summed E-state index contributed by atoms with van der Waals surface area (Å²) in [6.45, 7) is 4.73. The Labute approximate surface area is 257 Å². The van der Waals surface area contributed by atoms with Gasteiger partial charge in [-0.1, -0.05) is 141 Å². The van der Waals surface area contributed by atoms with Gasteiger partial charge in [0.25, 0.3) is 0 Å². The van der Waals surface area contributed by atoms with Gasteiger partial charge in [0, 0.05) is 33.5 Å². The maximum atomic E-state index is 5.36. The Morgan fingerprint density at radius 2 is 1.30 bits per heavy atom. The number of fused-ring (bicyclic) bond motifs is 5. The average molecular weight is 569 g/mol. The first-order valence-electron chi connectivity index (χ1n) is 15.5. The van der Waals surface area contributed by atoms with E-state index in [4.69, 9.17) is 9.98 Å². The van der Waals surface area contributed by atoms with Crippen LogP contribution in [-0.4, -0.2) is 24.0 Å². The molecule has 0 amide bonds. The average Bonchev–Trinajstić information content (AvgIpc) is 3.30. The van der Waals surface area contributed by atoms with Crippen LogP contribution in [0.5, 0.6) is 0 Å². The van der Waals surface area contributed by atoms with E-state index in [0.717, 1.165) is 22.8 Å². The molecule has 2 atom stereocenters. The molecule has 2 unspecified atom stereocenters. The molecule has 4 aliphatic rings. The highest BCUT2D eigenvalue weighted by Crippen LogP contribution is 2.56. The van der Waals surface area contributed by atoms with E-state index in [1.807, 2.05) is 12.1 Å². The maximum Gasteiger partial charge on any atom is 0.221 e. The molecule has 0 saturated carbocycles. The van der Waals surface area contributed by atoms with E-state index in [2.05, 4.69) is 145 Å². The van der Waals surface area contributed by atoms with Gasteiger partial charge < -0.3 is 10.2 Å². The lowest BCUT2D eigenvalue weighted by Gasteiger charge is -2.46. The predicted octanol–water partition coefficient (Wildman–Crippen LogP) is 8.21. The molecule has 2 heterocycles. The molecule has 0 aromatic heterocycles. The Balaban J connectivity index is 1.29. The molecule has 44 heavy (non-hydrogen) atoms. The van der Waals surface area contributed by atoms with Crippen molar-refractivity contribution in [3.8, 4) is 0 Å². The van der Waals surface area contributed by atoms with Crippen LogP contribution in [0.3, 0.4) is 0 Å². The third-order valence-electron chi connectivity index (χ3n) is 9.85. The van der Waals surface area contributed by atoms with Crippen molar-refractivity contribution in [2.75, 3.05) is 4.90 Å². The molecule has 9 rings (SSSR count). The second kappa shape index (κ2) is 9.39. The fourth-order valence-electron chi connectivity index (χ4n) is 7.78. The molecular weight excluding hydrogens is 536 g/mol. The molecule has 0 radical (unpaired) electrons. The van der Waals surface area contributed by atoms with Gasteiger partial charge in [0.15, 0.2) is 0 Å². The number of allylic oxidation sites excluding steroid dienone is 2. The molecule has 1 N–H and O–H groups in total. The second-order valence-electron chi connectivity index (χ2n) is 12.6. The molecule has 5 aromatic rings. The fraction of sp³-hybridized carbons (Fsp3) is 0.150. The molecule has 212 valence electrons. The van der Waals surface area contributed by atoms with Crippen LogP contribution in [0.2, 0.25) is 0 Å². The van der Waals surface area contributed by atoms with Crippen molar-refractivity contribution in [2.45, 2.75) is 37.5 Å². The Morgan fingerprint density at radius 3 is 2.00 bits per heavy atom.